The Balaban J connectivity index is 1.41. The summed E-state index contributed by atoms with van der Waals surface area (Å²) in [6, 6.07) is 10.4. The highest BCUT2D eigenvalue weighted by Crippen LogP contribution is 2.38. The second kappa shape index (κ2) is 13.9. The molecular formula is C31H41ClN4O4. The number of urea groups is 1. The fourth-order valence-corrected chi connectivity index (χ4v) is 4.86. The molecule has 0 atom stereocenters. The molecule has 40 heavy (non-hydrogen) atoms. The first kappa shape index (κ1) is 29.7. The van der Waals surface area contributed by atoms with Crippen molar-refractivity contribution in [1.29, 1.82) is 0 Å². The molecule has 1 aromatic heterocycles. The smallest absolute Gasteiger partial charge is 0.319 e. The molecule has 0 bridgehead atoms. The van der Waals surface area contributed by atoms with Crippen molar-refractivity contribution < 1.29 is 19.0 Å². The quantitative estimate of drug-likeness (QED) is 0.263. The molecule has 216 valence electrons. The van der Waals surface area contributed by atoms with Crippen LogP contribution >= 0.6 is 11.6 Å². The SMILES string of the molecule is COc1cc2c(Oc3ccc(NC(=O)NCCC(C)(C)C)c(Cl)c3)ccnc2cc1OCCN1CCCCCC1. The molecule has 1 saturated heterocycles. The summed E-state index contributed by atoms with van der Waals surface area (Å²) in [5.41, 5.74) is 1.39. The van der Waals surface area contributed by atoms with Crippen molar-refractivity contribution in [3.05, 3.63) is 47.6 Å². The van der Waals surface area contributed by atoms with Gasteiger partial charge in [-0.15, -0.1) is 0 Å². The zero-order chi connectivity index (χ0) is 28.5. The van der Waals surface area contributed by atoms with Gasteiger partial charge in [0, 0.05) is 36.8 Å². The van der Waals surface area contributed by atoms with Crippen LogP contribution < -0.4 is 24.8 Å². The number of hydrogen-bond donors (Lipinski definition) is 2. The van der Waals surface area contributed by atoms with Gasteiger partial charge in [-0.25, -0.2) is 4.79 Å². The summed E-state index contributed by atoms with van der Waals surface area (Å²) in [4.78, 5) is 19.3. The summed E-state index contributed by atoms with van der Waals surface area (Å²) in [6.45, 7) is 10.7. The van der Waals surface area contributed by atoms with E-state index in [0.29, 0.717) is 46.9 Å². The minimum Gasteiger partial charge on any atom is -0.493 e. The lowest BCUT2D eigenvalue weighted by atomic mass is 9.92. The molecule has 0 aliphatic carbocycles. The van der Waals surface area contributed by atoms with Crippen LogP contribution in [0.1, 0.15) is 52.9 Å². The lowest BCUT2D eigenvalue weighted by Crippen LogP contribution is -2.31. The fraction of sp³-hybridized carbons (Fsp3) is 0.484. The van der Waals surface area contributed by atoms with E-state index >= 15 is 0 Å². The van der Waals surface area contributed by atoms with Crippen molar-refractivity contribution in [2.24, 2.45) is 5.41 Å². The number of aromatic nitrogens is 1. The molecule has 1 aliphatic rings. The Kier molecular flexibility index (Phi) is 10.3. The molecule has 1 aliphatic heterocycles. The number of rotatable bonds is 10. The van der Waals surface area contributed by atoms with Crippen LogP contribution in [-0.4, -0.2) is 55.8 Å². The van der Waals surface area contributed by atoms with Crippen LogP contribution in [0, 0.1) is 5.41 Å². The van der Waals surface area contributed by atoms with E-state index < -0.39 is 0 Å². The van der Waals surface area contributed by atoms with E-state index in [9.17, 15) is 4.79 Å². The van der Waals surface area contributed by atoms with Gasteiger partial charge in [0.1, 0.15) is 18.1 Å². The zero-order valence-electron chi connectivity index (χ0n) is 24.0. The molecule has 0 spiro atoms. The van der Waals surface area contributed by atoms with Crippen molar-refractivity contribution in [3.8, 4) is 23.0 Å². The standard InChI is InChI=1S/C31H41ClN4O4/c1-31(2,3)12-14-34-30(37)35-25-10-9-22(19-24(25)32)40-27-11-13-33-26-21-29(28(38-4)20-23(26)27)39-18-17-36-15-7-5-6-8-16-36/h9-11,13,19-21H,5-8,12,14-18H2,1-4H3,(H2,34,35,37). The van der Waals surface area contributed by atoms with Crippen molar-refractivity contribution >= 4 is 34.2 Å². The van der Waals surface area contributed by atoms with Crippen LogP contribution in [0.15, 0.2) is 42.6 Å². The van der Waals surface area contributed by atoms with Gasteiger partial charge in [0.2, 0.25) is 0 Å². The molecule has 3 aromatic rings. The fourth-order valence-electron chi connectivity index (χ4n) is 4.64. The molecular weight excluding hydrogens is 528 g/mol. The van der Waals surface area contributed by atoms with Gasteiger partial charge < -0.3 is 24.8 Å². The van der Waals surface area contributed by atoms with E-state index in [0.717, 1.165) is 37.0 Å². The number of nitrogens with one attached hydrogen (secondary N) is 2. The summed E-state index contributed by atoms with van der Waals surface area (Å²) >= 11 is 6.47. The number of halogens is 1. The number of amides is 2. The highest BCUT2D eigenvalue weighted by atomic mass is 35.5. The summed E-state index contributed by atoms with van der Waals surface area (Å²) in [5.74, 6) is 2.43. The van der Waals surface area contributed by atoms with Crippen LogP contribution in [0.5, 0.6) is 23.0 Å². The van der Waals surface area contributed by atoms with E-state index in [-0.39, 0.29) is 11.4 Å². The van der Waals surface area contributed by atoms with Gasteiger partial charge in [-0.2, -0.15) is 0 Å². The summed E-state index contributed by atoms with van der Waals surface area (Å²) < 4.78 is 18.0. The average Bonchev–Trinajstić information content (AvgIpc) is 3.18. The number of carbonyl (C=O) groups is 1. The molecule has 2 aromatic carbocycles. The Morgan fingerprint density at radius 2 is 1.80 bits per heavy atom. The zero-order valence-corrected chi connectivity index (χ0v) is 24.8. The first-order valence-electron chi connectivity index (χ1n) is 14.1. The topological polar surface area (TPSA) is 85.0 Å². The van der Waals surface area contributed by atoms with Crippen molar-refractivity contribution in [2.45, 2.75) is 52.9 Å². The van der Waals surface area contributed by atoms with Gasteiger partial charge in [0.25, 0.3) is 0 Å². The number of hydrogen-bond acceptors (Lipinski definition) is 6. The molecule has 0 unspecified atom stereocenters. The lowest BCUT2D eigenvalue weighted by Gasteiger charge is -2.20. The maximum Gasteiger partial charge on any atom is 0.319 e. The van der Waals surface area contributed by atoms with E-state index in [4.69, 9.17) is 25.8 Å². The number of fused-ring (bicyclic) bond motifs is 1. The van der Waals surface area contributed by atoms with Crippen LogP contribution in [-0.2, 0) is 0 Å². The summed E-state index contributed by atoms with van der Waals surface area (Å²) in [7, 11) is 1.63. The van der Waals surface area contributed by atoms with Gasteiger partial charge >= 0.3 is 6.03 Å². The number of pyridine rings is 1. The lowest BCUT2D eigenvalue weighted by molar-refractivity contribution is 0.209. The van der Waals surface area contributed by atoms with Gasteiger partial charge in [-0.1, -0.05) is 45.2 Å². The highest BCUT2D eigenvalue weighted by molar-refractivity contribution is 6.33. The third-order valence-electron chi connectivity index (χ3n) is 6.93. The van der Waals surface area contributed by atoms with Crippen LogP contribution in [0.2, 0.25) is 5.02 Å². The van der Waals surface area contributed by atoms with E-state index in [1.165, 1.54) is 25.7 Å². The first-order valence-corrected chi connectivity index (χ1v) is 14.4. The molecule has 0 radical (unpaired) electrons. The number of ether oxygens (including phenoxy) is 3. The minimum absolute atomic E-state index is 0.145. The van der Waals surface area contributed by atoms with Crippen molar-refractivity contribution in [2.75, 3.05) is 45.2 Å². The van der Waals surface area contributed by atoms with Crippen molar-refractivity contribution in [3.63, 3.8) is 0 Å². The normalized spacial score (nSPS) is 14.4. The maximum atomic E-state index is 12.3. The monoisotopic (exact) mass is 568 g/mol. The predicted octanol–water partition coefficient (Wildman–Crippen LogP) is 7.50. The first-order chi connectivity index (χ1) is 19.2. The van der Waals surface area contributed by atoms with E-state index in [2.05, 4.69) is 41.3 Å². The molecule has 9 heteroatoms. The Morgan fingerprint density at radius 3 is 2.50 bits per heavy atom. The number of nitrogens with zero attached hydrogens (tertiary/aromatic N) is 2. The predicted molar refractivity (Wildman–Crippen MR) is 161 cm³/mol. The summed E-state index contributed by atoms with van der Waals surface area (Å²) in [5, 5.41) is 6.83. The minimum atomic E-state index is -0.295. The van der Waals surface area contributed by atoms with Crippen LogP contribution in [0.25, 0.3) is 10.9 Å². The van der Waals surface area contributed by atoms with Gasteiger partial charge in [-0.3, -0.25) is 9.88 Å². The van der Waals surface area contributed by atoms with Gasteiger partial charge in [0.15, 0.2) is 11.5 Å². The Morgan fingerprint density at radius 1 is 1.02 bits per heavy atom. The van der Waals surface area contributed by atoms with Crippen LogP contribution in [0.4, 0.5) is 10.5 Å². The van der Waals surface area contributed by atoms with E-state index in [1.54, 1.807) is 37.6 Å². The molecule has 1 fully saturated rings. The number of likely N-dealkylation sites (tertiary alicyclic amines) is 1. The molecule has 2 amide bonds. The number of anilines is 1. The Labute approximate surface area is 242 Å². The van der Waals surface area contributed by atoms with Crippen LogP contribution in [0.3, 0.4) is 0 Å². The largest absolute Gasteiger partial charge is 0.493 e. The molecule has 4 rings (SSSR count). The third-order valence-corrected chi connectivity index (χ3v) is 7.24. The molecule has 2 N–H and O–H groups in total. The third kappa shape index (κ3) is 8.63. The number of carbonyl (C=O) groups excluding carboxylic acids is 1. The van der Waals surface area contributed by atoms with Gasteiger partial charge in [-0.05, 0) is 62.0 Å². The Hall–Kier alpha value is -3.23. The highest BCUT2D eigenvalue weighted by Gasteiger charge is 2.15. The Bertz CT molecular complexity index is 1290. The maximum absolute atomic E-state index is 12.3. The number of methoxy groups -OCH3 is 1. The second-order valence-electron chi connectivity index (χ2n) is 11.4. The molecule has 2 heterocycles. The number of benzene rings is 2. The van der Waals surface area contributed by atoms with E-state index in [1.807, 2.05) is 12.1 Å². The summed E-state index contributed by atoms with van der Waals surface area (Å²) in [6.07, 6.45) is 7.71. The molecule has 8 nitrogen and oxygen atoms in total. The average molecular weight is 569 g/mol. The van der Waals surface area contributed by atoms with Crippen molar-refractivity contribution in [1.82, 2.24) is 15.2 Å². The molecule has 0 saturated carbocycles. The van der Waals surface area contributed by atoms with Gasteiger partial charge in [0.05, 0.1) is 23.3 Å². The second-order valence-corrected chi connectivity index (χ2v) is 11.8.